The number of rotatable bonds is 3. The Kier molecular flexibility index (Phi) is 3.09. The zero-order valence-corrected chi connectivity index (χ0v) is 10.1. The maximum atomic E-state index is 10.6. The van der Waals surface area contributed by atoms with E-state index in [9.17, 15) is 4.79 Å². The molecule has 16 heavy (non-hydrogen) atoms. The highest BCUT2D eigenvalue weighted by atomic mass is 127. The van der Waals surface area contributed by atoms with Crippen molar-refractivity contribution in [3.05, 3.63) is 39.8 Å². The van der Waals surface area contributed by atoms with Gasteiger partial charge in [-0.1, -0.05) is 0 Å². The first-order valence-corrected chi connectivity index (χ1v) is 5.44. The van der Waals surface area contributed by atoms with E-state index in [1.807, 2.05) is 24.3 Å². The molecule has 0 bridgehead atoms. The summed E-state index contributed by atoms with van der Waals surface area (Å²) >= 11 is 2.20. The first-order valence-electron chi connectivity index (χ1n) is 4.36. The summed E-state index contributed by atoms with van der Waals surface area (Å²) in [5.41, 5.74) is 0.673. The molecule has 0 amide bonds. The van der Waals surface area contributed by atoms with Crippen molar-refractivity contribution in [2.75, 3.05) is 5.32 Å². The van der Waals surface area contributed by atoms with Gasteiger partial charge in [0, 0.05) is 9.26 Å². The Morgan fingerprint density at radius 2 is 2.06 bits per heavy atom. The third-order valence-electron chi connectivity index (χ3n) is 1.82. The normalized spacial score (nSPS) is 10.1. The fourth-order valence-corrected chi connectivity index (χ4v) is 1.45. The summed E-state index contributed by atoms with van der Waals surface area (Å²) < 4.78 is 6.07. The van der Waals surface area contributed by atoms with Crippen LogP contribution in [0.4, 0.5) is 11.7 Å². The molecule has 0 fully saturated rings. The molecule has 0 radical (unpaired) electrons. The van der Waals surface area contributed by atoms with Crippen molar-refractivity contribution >= 4 is 40.3 Å². The van der Waals surface area contributed by atoms with E-state index in [4.69, 9.17) is 9.52 Å². The topological polar surface area (TPSA) is 75.4 Å². The second-order valence-corrected chi connectivity index (χ2v) is 4.22. The predicted octanol–water partition coefficient (Wildman–Crippen LogP) is 2.72. The number of anilines is 2. The molecule has 0 aliphatic carbocycles. The fraction of sp³-hybridized carbons (Fsp3) is 0. The van der Waals surface area contributed by atoms with Crippen LogP contribution < -0.4 is 5.32 Å². The standard InChI is InChI=1S/C10H7IN2O3/c11-6-1-3-7(4-2-6)12-10-13-8(5-16-10)9(14)15/h1-5H,(H,12,13)(H,14,15). The van der Waals surface area contributed by atoms with Crippen molar-refractivity contribution in [1.82, 2.24) is 4.98 Å². The van der Waals surface area contributed by atoms with Crippen LogP contribution >= 0.6 is 22.6 Å². The minimum Gasteiger partial charge on any atom is -0.476 e. The summed E-state index contributed by atoms with van der Waals surface area (Å²) in [6.07, 6.45) is 1.09. The number of benzene rings is 1. The summed E-state index contributed by atoms with van der Waals surface area (Å²) in [5, 5.41) is 11.5. The van der Waals surface area contributed by atoms with Gasteiger partial charge < -0.3 is 14.8 Å². The number of aromatic nitrogens is 1. The smallest absolute Gasteiger partial charge is 0.357 e. The Hall–Kier alpha value is -1.57. The van der Waals surface area contributed by atoms with Gasteiger partial charge >= 0.3 is 5.97 Å². The van der Waals surface area contributed by atoms with Crippen LogP contribution in [0, 0.1) is 3.57 Å². The molecule has 0 unspecified atom stereocenters. The van der Waals surface area contributed by atoms with Gasteiger partial charge in [-0.3, -0.25) is 0 Å². The minimum atomic E-state index is -1.11. The number of oxazole rings is 1. The number of nitrogens with zero attached hydrogens (tertiary/aromatic N) is 1. The number of hydrogen-bond donors (Lipinski definition) is 2. The van der Waals surface area contributed by atoms with E-state index in [1.54, 1.807) is 0 Å². The van der Waals surface area contributed by atoms with Crippen LogP contribution in [0.2, 0.25) is 0 Å². The predicted molar refractivity (Wildman–Crippen MR) is 65.9 cm³/mol. The number of carboxylic acids is 1. The molecule has 5 nitrogen and oxygen atoms in total. The summed E-state index contributed by atoms with van der Waals surface area (Å²) in [6, 6.07) is 7.71. The molecule has 0 saturated heterocycles. The monoisotopic (exact) mass is 330 g/mol. The summed E-state index contributed by atoms with van der Waals surface area (Å²) in [6.45, 7) is 0. The molecule has 2 aromatic rings. The number of carbonyl (C=O) groups is 1. The molecule has 1 heterocycles. The number of nitrogens with one attached hydrogen (secondary N) is 1. The molecular weight excluding hydrogens is 323 g/mol. The van der Waals surface area contributed by atoms with Gasteiger partial charge in [0.1, 0.15) is 6.26 Å². The van der Waals surface area contributed by atoms with E-state index < -0.39 is 5.97 Å². The third kappa shape index (κ3) is 2.51. The van der Waals surface area contributed by atoms with Gasteiger partial charge in [0.25, 0.3) is 6.01 Å². The molecule has 0 spiro atoms. The highest BCUT2D eigenvalue weighted by molar-refractivity contribution is 14.1. The van der Waals surface area contributed by atoms with Crippen LogP contribution in [-0.4, -0.2) is 16.1 Å². The second kappa shape index (κ2) is 4.52. The van der Waals surface area contributed by atoms with Crippen molar-refractivity contribution in [2.24, 2.45) is 0 Å². The van der Waals surface area contributed by atoms with Gasteiger partial charge in [-0.15, -0.1) is 0 Å². The SMILES string of the molecule is O=C(O)c1coc(Nc2ccc(I)cc2)n1. The van der Waals surface area contributed by atoms with Gasteiger partial charge in [0.15, 0.2) is 5.69 Å². The quantitative estimate of drug-likeness (QED) is 0.847. The second-order valence-electron chi connectivity index (χ2n) is 2.97. The lowest BCUT2D eigenvalue weighted by atomic mass is 10.3. The number of hydrogen-bond acceptors (Lipinski definition) is 4. The molecule has 2 N–H and O–H groups in total. The first-order chi connectivity index (χ1) is 7.65. The van der Waals surface area contributed by atoms with Crippen molar-refractivity contribution in [2.45, 2.75) is 0 Å². The van der Waals surface area contributed by atoms with E-state index in [0.717, 1.165) is 15.5 Å². The van der Waals surface area contributed by atoms with E-state index in [2.05, 4.69) is 32.9 Å². The lowest BCUT2D eigenvalue weighted by Crippen LogP contribution is -1.97. The van der Waals surface area contributed by atoms with Crippen molar-refractivity contribution in [3.63, 3.8) is 0 Å². The molecule has 1 aromatic heterocycles. The molecule has 0 saturated carbocycles. The Labute approximate surface area is 105 Å². The number of carboxylic acid groups (broad SMARTS) is 1. The van der Waals surface area contributed by atoms with E-state index in [1.165, 1.54) is 0 Å². The van der Waals surface area contributed by atoms with Crippen LogP contribution in [0.1, 0.15) is 10.5 Å². The van der Waals surface area contributed by atoms with Gasteiger partial charge in [0.2, 0.25) is 0 Å². The molecule has 82 valence electrons. The van der Waals surface area contributed by atoms with Gasteiger partial charge in [-0.05, 0) is 46.9 Å². The first kappa shape index (κ1) is 10.9. The van der Waals surface area contributed by atoms with Crippen molar-refractivity contribution in [1.29, 1.82) is 0 Å². The maximum absolute atomic E-state index is 10.6. The van der Waals surface area contributed by atoms with Crippen LogP contribution in [0.3, 0.4) is 0 Å². The maximum Gasteiger partial charge on any atom is 0.357 e. The highest BCUT2D eigenvalue weighted by Gasteiger charge is 2.09. The van der Waals surface area contributed by atoms with E-state index in [0.29, 0.717) is 0 Å². The average molecular weight is 330 g/mol. The van der Waals surface area contributed by atoms with Gasteiger partial charge in [0.05, 0.1) is 0 Å². The molecule has 1 aromatic carbocycles. The highest BCUT2D eigenvalue weighted by Crippen LogP contribution is 2.17. The Balaban J connectivity index is 2.14. The van der Waals surface area contributed by atoms with Crippen molar-refractivity contribution < 1.29 is 14.3 Å². The summed E-state index contributed by atoms with van der Waals surface area (Å²) in [7, 11) is 0. The lowest BCUT2D eigenvalue weighted by molar-refractivity contribution is 0.0690. The molecule has 0 aliphatic heterocycles. The van der Waals surface area contributed by atoms with E-state index >= 15 is 0 Å². The summed E-state index contributed by atoms with van der Waals surface area (Å²) in [4.78, 5) is 14.3. The Morgan fingerprint density at radius 3 is 2.62 bits per heavy atom. The molecule has 6 heteroatoms. The van der Waals surface area contributed by atoms with Crippen LogP contribution in [-0.2, 0) is 0 Å². The van der Waals surface area contributed by atoms with Crippen LogP contribution in [0.5, 0.6) is 0 Å². The minimum absolute atomic E-state index is 0.118. The fourth-order valence-electron chi connectivity index (χ4n) is 1.09. The number of halogens is 1. The van der Waals surface area contributed by atoms with Gasteiger partial charge in [-0.25, -0.2) is 4.79 Å². The van der Waals surface area contributed by atoms with Crippen LogP contribution in [0.15, 0.2) is 34.9 Å². The summed E-state index contributed by atoms with van der Waals surface area (Å²) in [5.74, 6) is -1.11. The number of aromatic carboxylic acids is 1. The Morgan fingerprint density at radius 1 is 1.38 bits per heavy atom. The zero-order chi connectivity index (χ0) is 11.5. The third-order valence-corrected chi connectivity index (χ3v) is 2.54. The lowest BCUT2D eigenvalue weighted by Gasteiger charge is -2.00. The average Bonchev–Trinajstić information content (AvgIpc) is 2.70. The molecule has 0 aliphatic rings. The molecule has 2 rings (SSSR count). The molecular formula is C10H7IN2O3. The zero-order valence-electron chi connectivity index (χ0n) is 7.98. The van der Waals surface area contributed by atoms with Crippen LogP contribution in [0.25, 0.3) is 0 Å². The largest absolute Gasteiger partial charge is 0.476 e. The Bertz CT molecular complexity index is 507. The van der Waals surface area contributed by atoms with Gasteiger partial charge in [-0.2, -0.15) is 4.98 Å². The molecule has 0 atom stereocenters. The van der Waals surface area contributed by atoms with E-state index in [-0.39, 0.29) is 11.7 Å². The van der Waals surface area contributed by atoms with Crippen molar-refractivity contribution in [3.8, 4) is 0 Å².